The van der Waals surface area contributed by atoms with Gasteiger partial charge in [0.1, 0.15) is 17.1 Å². The van der Waals surface area contributed by atoms with E-state index < -0.39 is 23.4 Å². The predicted octanol–water partition coefficient (Wildman–Crippen LogP) is 2.20. The van der Waals surface area contributed by atoms with Crippen molar-refractivity contribution in [1.29, 1.82) is 0 Å². The fourth-order valence-corrected chi connectivity index (χ4v) is 5.31. The fourth-order valence-electron chi connectivity index (χ4n) is 5.31. The first-order valence-corrected chi connectivity index (χ1v) is 12.0. The van der Waals surface area contributed by atoms with Crippen molar-refractivity contribution in [2.24, 2.45) is 0 Å². The molecule has 1 aromatic carbocycles. The summed E-state index contributed by atoms with van der Waals surface area (Å²) in [5.74, 6) is -1.14. The molecule has 0 spiro atoms. The van der Waals surface area contributed by atoms with E-state index in [0.29, 0.717) is 17.9 Å². The number of amides is 2. The zero-order valence-electron chi connectivity index (χ0n) is 19.3. The third kappa shape index (κ3) is 3.85. The Morgan fingerprint density at radius 1 is 1.23 bits per heavy atom. The predicted molar refractivity (Wildman–Crippen MR) is 121 cm³/mol. The molecule has 184 valence electrons. The molecule has 9 nitrogen and oxygen atoms in total. The van der Waals surface area contributed by atoms with Gasteiger partial charge in [0, 0.05) is 30.4 Å². The number of methoxy groups -OCH3 is 1. The summed E-state index contributed by atoms with van der Waals surface area (Å²) in [4.78, 5) is 41.3. The highest BCUT2D eigenvalue weighted by molar-refractivity contribution is 5.99. The van der Waals surface area contributed by atoms with E-state index in [-0.39, 0.29) is 47.7 Å². The van der Waals surface area contributed by atoms with Gasteiger partial charge >= 0.3 is 0 Å². The van der Waals surface area contributed by atoms with Crippen LogP contribution in [0.5, 0.6) is 11.5 Å². The smallest absolute Gasteiger partial charge is 0.276 e. The quantitative estimate of drug-likeness (QED) is 0.677. The molecule has 3 fully saturated rings. The molecule has 0 unspecified atom stereocenters. The topological polar surface area (TPSA) is 99.1 Å². The van der Waals surface area contributed by atoms with Gasteiger partial charge < -0.3 is 29.0 Å². The number of pyridine rings is 1. The molecular formula is C25H26FN3O6. The Kier molecular flexibility index (Phi) is 5.28. The molecule has 2 saturated carbocycles. The van der Waals surface area contributed by atoms with E-state index in [4.69, 9.17) is 14.2 Å². The van der Waals surface area contributed by atoms with E-state index in [1.54, 1.807) is 15.5 Å². The standard InChI is InChI=1S/C25H26FN3O6/c1-33-23-21-25(32)29-15-4-5-17(9-15)35-20(29)12-28(21)11-18(22(23)30)24(31)27-10-13-2-3-14(26)8-19(13)34-16-6-7-16/h2-3,8,11,15-17,20H,4-7,9-10,12H2,1H3,(H,27,31)/t15-,17+,20+/m1/s1. The second-order valence-corrected chi connectivity index (χ2v) is 9.55. The van der Waals surface area contributed by atoms with Gasteiger partial charge in [-0.2, -0.15) is 0 Å². The van der Waals surface area contributed by atoms with Crippen LogP contribution in [0.4, 0.5) is 4.39 Å². The van der Waals surface area contributed by atoms with Crippen LogP contribution in [0.3, 0.4) is 0 Å². The van der Waals surface area contributed by atoms with Gasteiger partial charge in [0.15, 0.2) is 17.7 Å². The molecule has 3 atom stereocenters. The maximum atomic E-state index is 13.7. The van der Waals surface area contributed by atoms with Gasteiger partial charge in [0.25, 0.3) is 11.8 Å². The van der Waals surface area contributed by atoms with Gasteiger partial charge in [-0.05, 0) is 38.2 Å². The molecule has 2 aromatic rings. The average Bonchev–Trinajstić information content (AvgIpc) is 3.58. The summed E-state index contributed by atoms with van der Waals surface area (Å²) in [6.07, 6.45) is 5.55. The molecule has 1 saturated heterocycles. The number of nitrogens with zero attached hydrogens (tertiary/aromatic N) is 2. The first-order chi connectivity index (χ1) is 16.9. The van der Waals surface area contributed by atoms with Crippen molar-refractivity contribution in [3.63, 3.8) is 0 Å². The van der Waals surface area contributed by atoms with Crippen LogP contribution in [0.15, 0.2) is 29.2 Å². The molecule has 2 aliphatic carbocycles. The Labute approximate surface area is 200 Å². The summed E-state index contributed by atoms with van der Waals surface area (Å²) in [5, 5.41) is 2.72. The van der Waals surface area contributed by atoms with Gasteiger partial charge in [-0.3, -0.25) is 14.4 Å². The van der Waals surface area contributed by atoms with E-state index >= 15 is 0 Å². The van der Waals surface area contributed by atoms with Gasteiger partial charge in [0.05, 0.1) is 25.9 Å². The molecule has 6 rings (SSSR count). The Balaban J connectivity index is 1.28. The van der Waals surface area contributed by atoms with Crippen molar-refractivity contribution in [3.05, 3.63) is 57.3 Å². The van der Waals surface area contributed by atoms with Crippen molar-refractivity contribution in [3.8, 4) is 11.5 Å². The number of benzene rings is 1. The number of rotatable bonds is 6. The number of nitrogens with one attached hydrogen (secondary N) is 1. The maximum absolute atomic E-state index is 13.7. The van der Waals surface area contributed by atoms with Crippen LogP contribution in [0, 0.1) is 5.82 Å². The first kappa shape index (κ1) is 22.1. The second-order valence-electron chi connectivity index (χ2n) is 9.55. The lowest BCUT2D eigenvalue weighted by Crippen LogP contribution is -2.57. The molecule has 35 heavy (non-hydrogen) atoms. The lowest BCUT2D eigenvalue weighted by molar-refractivity contribution is -0.132. The summed E-state index contributed by atoms with van der Waals surface area (Å²) >= 11 is 0. The molecule has 10 heteroatoms. The molecule has 1 N–H and O–H groups in total. The Bertz CT molecular complexity index is 1270. The highest BCUT2D eigenvalue weighted by Crippen LogP contribution is 2.39. The zero-order valence-corrected chi connectivity index (χ0v) is 19.3. The Morgan fingerprint density at radius 2 is 2.06 bits per heavy atom. The lowest BCUT2D eigenvalue weighted by atomic mass is 10.1. The molecule has 2 amide bonds. The zero-order chi connectivity index (χ0) is 24.3. The fraction of sp³-hybridized carbons (Fsp3) is 0.480. The summed E-state index contributed by atoms with van der Waals surface area (Å²) in [6, 6.07) is 4.23. The monoisotopic (exact) mass is 483 g/mol. The Morgan fingerprint density at radius 3 is 2.83 bits per heavy atom. The highest BCUT2D eigenvalue weighted by Gasteiger charge is 2.47. The summed E-state index contributed by atoms with van der Waals surface area (Å²) in [7, 11) is 1.32. The number of ether oxygens (including phenoxy) is 3. The van der Waals surface area contributed by atoms with Crippen LogP contribution >= 0.6 is 0 Å². The maximum Gasteiger partial charge on any atom is 0.276 e. The molecule has 1 aromatic heterocycles. The van der Waals surface area contributed by atoms with Crippen molar-refractivity contribution < 1.29 is 28.2 Å². The summed E-state index contributed by atoms with van der Waals surface area (Å²) in [5.41, 5.74) is -0.0530. The number of carbonyl (C=O) groups is 2. The number of fused-ring (bicyclic) bond motifs is 5. The number of aromatic nitrogens is 1. The summed E-state index contributed by atoms with van der Waals surface area (Å²) in [6.45, 7) is 0.356. The third-order valence-electron chi connectivity index (χ3n) is 7.17. The SMILES string of the molecule is COc1c2n(cc(C(=O)NCc3ccc(F)cc3OC3CC3)c1=O)C[C@@H]1O[C@H]3CC[C@H](C3)N1C2=O. The van der Waals surface area contributed by atoms with E-state index in [0.717, 1.165) is 32.1 Å². The van der Waals surface area contributed by atoms with Crippen molar-refractivity contribution >= 4 is 11.8 Å². The first-order valence-electron chi connectivity index (χ1n) is 12.0. The van der Waals surface area contributed by atoms with Gasteiger partial charge in [-0.25, -0.2) is 4.39 Å². The number of hydrogen-bond acceptors (Lipinski definition) is 6. The minimum atomic E-state index is -0.654. The number of carbonyl (C=O) groups excluding carboxylic acids is 2. The van der Waals surface area contributed by atoms with Gasteiger partial charge in [-0.1, -0.05) is 6.07 Å². The van der Waals surface area contributed by atoms with Crippen molar-refractivity contribution in [1.82, 2.24) is 14.8 Å². The van der Waals surface area contributed by atoms with E-state index in [1.807, 2.05) is 0 Å². The average molecular weight is 483 g/mol. The van der Waals surface area contributed by atoms with E-state index in [2.05, 4.69) is 5.32 Å². The highest BCUT2D eigenvalue weighted by atomic mass is 19.1. The van der Waals surface area contributed by atoms with Crippen LogP contribution in [0.1, 0.15) is 58.5 Å². The van der Waals surface area contributed by atoms with E-state index in [9.17, 15) is 18.8 Å². The van der Waals surface area contributed by atoms with Gasteiger partial charge in [0.2, 0.25) is 5.43 Å². The van der Waals surface area contributed by atoms with Crippen LogP contribution in [-0.2, 0) is 17.8 Å². The van der Waals surface area contributed by atoms with Crippen molar-refractivity contribution in [2.45, 2.75) is 69.7 Å². The molecule has 4 aliphatic rings. The minimum Gasteiger partial charge on any atom is -0.491 e. The van der Waals surface area contributed by atoms with Gasteiger partial charge in [-0.15, -0.1) is 0 Å². The molecule has 3 heterocycles. The molecule has 2 aliphatic heterocycles. The normalized spacial score (nSPS) is 24.6. The Hall–Kier alpha value is -3.40. The van der Waals surface area contributed by atoms with Crippen LogP contribution < -0.4 is 20.2 Å². The number of halogens is 1. The van der Waals surface area contributed by atoms with Crippen molar-refractivity contribution in [2.75, 3.05) is 7.11 Å². The van der Waals surface area contributed by atoms with Crippen LogP contribution in [0.2, 0.25) is 0 Å². The van der Waals surface area contributed by atoms with Crippen LogP contribution in [0.25, 0.3) is 0 Å². The lowest BCUT2D eigenvalue weighted by Gasteiger charge is -2.44. The summed E-state index contributed by atoms with van der Waals surface area (Å²) < 4.78 is 32.5. The minimum absolute atomic E-state index is 0.0481. The largest absolute Gasteiger partial charge is 0.491 e. The number of hydrogen-bond donors (Lipinski definition) is 1. The second kappa shape index (κ2) is 8.37. The van der Waals surface area contributed by atoms with Crippen LogP contribution in [-0.4, -0.2) is 52.9 Å². The third-order valence-corrected chi connectivity index (χ3v) is 7.17. The van der Waals surface area contributed by atoms with E-state index in [1.165, 1.54) is 25.4 Å². The molecule has 0 radical (unpaired) electrons. The molecular weight excluding hydrogens is 457 g/mol. The molecule has 2 bridgehead atoms.